The van der Waals surface area contributed by atoms with Crippen LogP contribution in [0.5, 0.6) is 5.75 Å². The number of rotatable bonds is 5. The van der Waals surface area contributed by atoms with E-state index in [1.807, 2.05) is 6.92 Å². The summed E-state index contributed by atoms with van der Waals surface area (Å²) >= 11 is 7.50. The molecule has 1 aliphatic rings. The van der Waals surface area contributed by atoms with Crippen LogP contribution in [0.4, 0.5) is 5.00 Å². The minimum absolute atomic E-state index is 0.258. The van der Waals surface area contributed by atoms with Gasteiger partial charge in [0.2, 0.25) is 0 Å². The van der Waals surface area contributed by atoms with Gasteiger partial charge in [0, 0.05) is 9.90 Å². The molecule has 1 amide bonds. The van der Waals surface area contributed by atoms with Gasteiger partial charge in [0.05, 0.1) is 5.56 Å². The lowest BCUT2D eigenvalue weighted by Gasteiger charge is -2.20. The van der Waals surface area contributed by atoms with E-state index in [0.717, 1.165) is 36.8 Å². The molecule has 2 aromatic rings. The molecule has 0 saturated heterocycles. The number of hydrogen-bond donors (Lipinski definition) is 1. The number of ether oxygens (including phenoxy) is 1. The number of anilines is 1. The highest BCUT2D eigenvalue weighted by atomic mass is 35.5. The molecule has 1 aromatic carbocycles. The minimum atomic E-state index is -0.682. The van der Waals surface area contributed by atoms with Crippen molar-refractivity contribution in [2.24, 2.45) is 5.92 Å². The summed E-state index contributed by atoms with van der Waals surface area (Å²) in [7, 11) is 0. The van der Waals surface area contributed by atoms with E-state index >= 15 is 0 Å². The van der Waals surface area contributed by atoms with Gasteiger partial charge in [-0.05, 0) is 68.4 Å². The second-order valence-corrected chi connectivity index (χ2v) is 8.54. The van der Waals surface area contributed by atoms with Gasteiger partial charge in [0.25, 0.3) is 5.91 Å². The number of aryl methyl sites for hydroxylation is 1. The van der Waals surface area contributed by atoms with Crippen LogP contribution in [0.3, 0.4) is 0 Å². The van der Waals surface area contributed by atoms with Crippen molar-refractivity contribution in [3.8, 4) is 11.8 Å². The van der Waals surface area contributed by atoms with Gasteiger partial charge in [-0.2, -0.15) is 5.26 Å². The third-order valence-electron chi connectivity index (χ3n) is 5.10. The van der Waals surface area contributed by atoms with Crippen LogP contribution in [0.25, 0.3) is 0 Å². The summed E-state index contributed by atoms with van der Waals surface area (Å²) in [4.78, 5) is 13.9. The van der Waals surface area contributed by atoms with Gasteiger partial charge in [-0.15, -0.1) is 11.3 Å². The molecule has 6 heteroatoms. The first-order valence-electron chi connectivity index (χ1n) is 9.21. The molecule has 0 aliphatic heterocycles. The average molecular weight is 403 g/mol. The highest BCUT2D eigenvalue weighted by Crippen LogP contribution is 2.40. The SMILES string of the molecule is CCC1CCc2c(sc(NC(=O)C(C)Oc3ccc(Cl)cc3C)c2C#N)C1. The zero-order chi connectivity index (χ0) is 19.6. The summed E-state index contributed by atoms with van der Waals surface area (Å²) < 4.78 is 5.80. The third-order valence-corrected chi connectivity index (χ3v) is 6.51. The Hall–Kier alpha value is -2.03. The number of nitrogens with one attached hydrogen (secondary N) is 1. The van der Waals surface area contributed by atoms with Crippen LogP contribution in [-0.2, 0) is 17.6 Å². The fraction of sp³-hybridized carbons (Fsp3) is 0.429. The number of hydrogen-bond acceptors (Lipinski definition) is 4. The van der Waals surface area contributed by atoms with Crippen molar-refractivity contribution in [1.82, 2.24) is 0 Å². The number of nitriles is 1. The zero-order valence-electron chi connectivity index (χ0n) is 15.8. The molecule has 3 rings (SSSR count). The first kappa shape index (κ1) is 19.7. The smallest absolute Gasteiger partial charge is 0.265 e. The fourth-order valence-electron chi connectivity index (χ4n) is 3.41. The van der Waals surface area contributed by atoms with E-state index in [0.29, 0.717) is 27.3 Å². The van der Waals surface area contributed by atoms with Crippen LogP contribution in [0, 0.1) is 24.2 Å². The molecule has 2 atom stereocenters. The maximum absolute atomic E-state index is 12.6. The molecule has 2 unspecified atom stereocenters. The van der Waals surface area contributed by atoms with Crippen LogP contribution in [0.2, 0.25) is 5.02 Å². The van der Waals surface area contributed by atoms with Crippen LogP contribution in [0.15, 0.2) is 18.2 Å². The highest BCUT2D eigenvalue weighted by Gasteiger charge is 2.27. The van der Waals surface area contributed by atoms with Crippen molar-refractivity contribution in [1.29, 1.82) is 5.26 Å². The van der Waals surface area contributed by atoms with Gasteiger partial charge >= 0.3 is 0 Å². The fourth-order valence-corrected chi connectivity index (χ4v) is 4.95. The first-order chi connectivity index (χ1) is 12.9. The van der Waals surface area contributed by atoms with E-state index in [2.05, 4.69) is 18.3 Å². The lowest BCUT2D eigenvalue weighted by molar-refractivity contribution is -0.122. The summed E-state index contributed by atoms with van der Waals surface area (Å²) in [6.45, 7) is 5.79. The van der Waals surface area contributed by atoms with Crippen molar-refractivity contribution in [2.45, 2.75) is 52.6 Å². The van der Waals surface area contributed by atoms with Gasteiger partial charge in [0.15, 0.2) is 6.10 Å². The molecule has 0 bridgehead atoms. The monoisotopic (exact) mass is 402 g/mol. The van der Waals surface area contributed by atoms with Crippen molar-refractivity contribution >= 4 is 33.8 Å². The molecular formula is C21H23ClN2O2S. The summed E-state index contributed by atoms with van der Waals surface area (Å²) in [6.07, 6.45) is 3.49. The van der Waals surface area contributed by atoms with E-state index in [4.69, 9.17) is 16.3 Å². The predicted octanol–water partition coefficient (Wildman–Crippen LogP) is 5.50. The normalized spacial score (nSPS) is 16.9. The molecule has 0 spiro atoms. The molecule has 1 aromatic heterocycles. The largest absolute Gasteiger partial charge is 0.481 e. The average Bonchev–Trinajstić information content (AvgIpc) is 2.99. The van der Waals surface area contributed by atoms with Crippen molar-refractivity contribution in [3.63, 3.8) is 0 Å². The molecule has 0 fully saturated rings. The Kier molecular flexibility index (Phi) is 6.08. The Bertz CT molecular complexity index is 900. The summed E-state index contributed by atoms with van der Waals surface area (Å²) in [5, 5.41) is 13.8. The molecular weight excluding hydrogens is 380 g/mol. The van der Waals surface area contributed by atoms with Crippen molar-refractivity contribution < 1.29 is 9.53 Å². The van der Waals surface area contributed by atoms with Gasteiger partial charge in [0.1, 0.15) is 16.8 Å². The summed E-state index contributed by atoms with van der Waals surface area (Å²) in [5.41, 5.74) is 2.61. The summed E-state index contributed by atoms with van der Waals surface area (Å²) in [5.74, 6) is 1.03. The topological polar surface area (TPSA) is 62.1 Å². The Labute approximate surface area is 169 Å². The molecule has 142 valence electrons. The van der Waals surface area contributed by atoms with Gasteiger partial charge < -0.3 is 10.1 Å². The van der Waals surface area contributed by atoms with Crippen molar-refractivity contribution in [3.05, 3.63) is 44.8 Å². The molecule has 1 N–H and O–H groups in total. The number of halogens is 1. The second-order valence-electron chi connectivity index (χ2n) is 7.00. The Morgan fingerprint density at radius 2 is 2.30 bits per heavy atom. The van der Waals surface area contributed by atoms with E-state index in [1.54, 1.807) is 25.1 Å². The maximum atomic E-state index is 12.6. The first-order valence-corrected chi connectivity index (χ1v) is 10.4. The van der Waals surface area contributed by atoms with Crippen LogP contribution < -0.4 is 10.1 Å². The molecule has 1 aliphatic carbocycles. The molecule has 27 heavy (non-hydrogen) atoms. The van der Waals surface area contributed by atoms with Gasteiger partial charge in [-0.3, -0.25) is 4.79 Å². The lowest BCUT2D eigenvalue weighted by Crippen LogP contribution is -2.30. The minimum Gasteiger partial charge on any atom is -0.481 e. The van der Waals surface area contributed by atoms with Crippen LogP contribution >= 0.6 is 22.9 Å². The maximum Gasteiger partial charge on any atom is 0.265 e. The van der Waals surface area contributed by atoms with Gasteiger partial charge in [-0.25, -0.2) is 0 Å². The van der Waals surface area contributed by atoms with Gasteiger partial charge in [-0.1, -0.05) is 24.9 Å². The van der Waals surface area contributed by atoms with E-state index in [-0.39, 0.29) is 5.91 Å². The Morgan fingerprint density at radius 3 is 2.96 bits per heavy atom. The second kappa shape index (κ2) is 8.33. The Morgan fingerprint density at radius 1 is 1.52 bits per heavy atom. The van der Waals surface area contributed by atoms with E-state index < -0.39 is 6.10 Å². The standard InChI is InChI=1S/C21H23ClN2O2S/c1-4-14-5-7-16-17(11-23)21(27-19(16)10-14)24-20(25)13(3)26-18-8-6-15(22)9-12(18)2/h6,8-9,13-14H,4-5,7,10H2,1-3H3,(H,24,25). The zero-order valence-corrected chi connectivity index (χ0v) is 17.3. The summed E-state index contributed by atoms with van der Waals surface area (Å²) in [6, 6.07) is 7.58. The number of benzene rings is 1. The van der Waals surface area contributed by atoms with Crippen molar-refractivity contribution in [2.75, 3.05) is 5.32 Å². The number of amides is 1. The van der Waals surface area contributed by atoms with E-state index in [1.165, 1.54) is 16.2 Å². The highest BCUT2D eigenvalue weighted by molar-refractivity contribution is 7.16. The van der Waals surface area contributed by atoms with Crippen LogP contribution in [-0.4, -0.2) is 12.0 Å². The Balaban J connectivity index is 1.74. The molecule has 0 radical (unpaired) electrons. The molecule has 4 nitrogen and oxygen atoms in total. The van der Waals surface area contributed by atoms with E-state index in [9.17, 15) is 10.1 Å². The number of carbonyl (C=O) groups is 1. The quantitative estimate of drug-likeness (QED) is 0.717. The number of thiophene rings is 1. The third kappa shape index (κ3) is 4.28. The van der Waals surface area contributed by atoms with Crippen LogP contribution in [0.1, 0.15) is 48.3 Å². The molecule has 1 heterocycles. The number of fused-ring (bicyclic) bond motifs is 1. The lowest BCUT2D eigenvalue weighted by atomic mass is 9.86. The predicted molar refractivity (Wildman–Crippen MR) is 110 cm³/mol. The molecule has 0 saturated carbocycles. The number of carbonyl (C=O) groups excluding carboxylic acids is 1. The number of nitrogens with zero attached hydrogens (tertiary/aromatic N) is 1.